The molecule has 0 spiro atoms. The highest BCUT2D eigenvalue weighted by Gasteiger charge is 2.22. The van der Waals surface area contributed by atoms with Crippen LogP contribution < -0.4 is 10.9 Å². The zero-order valence-corrected chi connectivity index (χ0v) is 22.0. The van der Waals surface area contributed by atoms with Gasteiger partial charge in [0.25, 0.3) is 11.5 Å². The lowest BCUT2D eigenvalue weighted by Gasteiger charge is -2.17. The van der Waals surface area contributed by atoms with Gasteiger partial charge in [0.15, 0.2) is 10.9 Å². The molecular formula is C28H30N4O4S. The molecule has 0 bridgehead atoms. The number of ether oxygens (including phenoxy) is 1. The summed E-state index contributed by atoms with van der Waals surface area (Å²) < 4.78 is 7.41. The van der Waals surface area contributed by atoms with Crippen molar-refractivity contribution in [3.05, 3.63) is 69.6 Å². The Morgan fingerprint density at radius 1 is 1.22 bits per heavy atom. The molecule has 5 rings (SSSR count). The number of carbonyl (C=O) groups is 2. The first kappa shape index (κ1) is 25.2. The van der Waals surface area contributed by atoms with Gasteiger partial charge in [0.1, 0.15) is 0 Å². The van der Waals surface area contributed by atoms with Crippen molar-refractivity contribution in [2.24, 2.45) is 0 Å². The van der Waals surface area contributed by atoms with Crippen molar-refractivity contribution in [3.8, 4) is 0 Å². The van der Waals surface area contributed by atoms with Crippen molar-refractivity contribution in [1.82, 2.24) is 19.9 Å². The summed E-state index contributed by atoms with van der Waals surface area (Å²) in [6.45, 7) is 6.73. The van der Waals surface area contributed by atoms with Crippen LogP contribution in [0.5, 0.6) is 0 Å². The number of thioether (sulfide) groups is 1. The monoisotopic (exact) mass is 518 g/mol. The van der Waals surface area contributed by atoms with Gasteiger partial charge in [0.2, 0.25) is 0 Å². The molecule has 1 aliphatic heterocycles. The van der Waals surface area contributed by atoms with Crippen molar-refractivity contribution in [3.63, 3.8) is 0 Å². The number of hydrogen-bond donors (Lipinski definition) is 2. The third-order valence-electron chi connectivity index (χ3n) is 6.52. The second kappa shape index (κ2) is 10.5. The van der Waals surface area contributed by atoms with Crippen molar-refractivity contribution >= 4 is 45.3 Å². The fourth-order valence-electron chi connectivity index (χ4n) is 4.79. The van der Waals surface area contributed by atoms with Crippen molar-refractivity contribution < 1.29 is 14.3 Å². The SMILES string of the molecule is Cc1[nH]c2ccccc2c1C(=O)CSc1nc2cc(C(=O)NC(C)C)ccc2c(=O)n1C[C@H]1CCCO1. The number of ketones is 1. The fraction of sp³-hybridized carbons (Fsp3) is 0.357. The summed E-state index contributed by atoms with van der Waals surface area (Å²) in [6.07, 6.45) is 1.75. The van der Waals surface area contributed by atoms with Crippen LogP contribution in [0.25, 0.3) is 21.8 Å². The highest BCUT2D eigenvalue weighted by Crippen LogP contribution is 2.26. The smallest absolute Gasteiger partial charge is 0.262 e. The molecule has 4 aromatic rings. The predicted molar refractivity (Wildman–Crippen MR) is 146 cm³/mol. The standard InChI is InChI=1S/C28H30N4O4S/c1-16(2)29-26(34)18-10-11-21-23(13-18)31-28(32(27(21)35)14-19-7-6-12-36-19)37-15-24(33)25-17(3)30-22-9-5-4-8-20(22)25/h4-5,8-11,13,16,19,30H,6-7,12,14-15H2,1-3H3,(H,29,34)/t19-/m1/s1. The third kappa shape index (κ3) is 5.19. The first-order valence-electron chi connectivity index (χ1n) is 12.5. The summed E-state index contributed by atoms with van der Waals surface area (Å²) in [5.41, 5.74) is 3.06. The lowest BCUT2D eigenvalue weighted by molar-refractivity contribution is 0.0936. The van der Waals surface area contributed by atoms with E-state index in [4.69, 9.17) is 9.72 Å². The molecule has 1 saturated heterocycles. The number of fused-ring (bicyclic) bond motifs is 2. The maximum absolute atomic E-state index is 13.6. The lowest BCUT2D eigenvalue weighted by atomic mass is 10.1. The number of carbonyl (C=O) groups excluding carboxylic acids is 2. The number of benzene rings is 2. The Hall–Kier alpha value is -3.43. The minimum absolute atomic E-state index is 0.0133. The van der Waals surface area contributed by atoms with Crippen LogP contribution in [0.2, 0.25) is 0 Å². The second-order valence-corrected chi connectivity index (χ2v) is 10.6. The zero-order valence-electron chi connectivity index (χ0n) is 21.2. The molecule has 2 aromatic heterocycles. The Balaban J connectivity index is 1.50. The van der Waals surface area contributed by atoms with Gasteiger partial charge in [0, 0.05) is 40.4 Å². The summed E-state index contributed by atoms with van der Waals surface area (Å²) in [4.78, 5) is 47.5. The van der Waals surface area contributed by atoms with Crippen LogP contribution in [0.3, 0.4) is 0 Å². The molecule has 0 saturated carbocycles. The van der Waals surface area contributed by atoms with Crippen molar-refractivity contribution in [1.29, 1.82) is 0 Å². The van der Waals surface area contributed by atoms with E-state index in [1.54, 1.807) is 22.8 Å². The number of hydrogen-bond acceptors (Lipinski definition) is 6. The predicted octanol–water partition coefficient (Wildman–Crippen LogP) is 4.48. The molecule has 2 aromatic carbocycles. The van der Waals surface area contributed by atoms with E-state index in [1.807, 2.05) is 45.0 Å². The number of aryl methyl sites for hydroxylation is 1. The third-order valence-corrected chi connectivity index (χ3v) is 7.49. The Kier molecular flexibility index (Phi) is 7.17. The molecule has 1 amide bonds. The Morgan fingerprint density at radius 3 is 2.78 bits per heavy atom. The van der Waals surface area contributed by atoms with E-state index in [9.17, 15) is 14.4 Å². The van der Waals surface area contributed by atoms with Gasteiger partial charge in [-0.15, -0.1) is 0 Å². The van der Waals surface area contributed by atoms with E-state index in [-0.39, 0.29) is 35.1 Å². The molecular weight excluding hydrogens is 488 g/mol. The lowest BCUT2D eigenvalue weighted by Crippen LogP contribution is -2.31. The number of nitrogens with one attached hydrogen (secondary N) is 2. The van der Waals surface area contributed by atoms with Crippen molar-refractivity contribution in [2.45, 2.75) is 57.5 Å². The highest BCUT2D eigenvalue weighted by molar-refractivity contribution is 7.99. The van der Waals surface area contributed by atoms with Gasteiger partial charge < -0.3 is 15.0 Å². The Morgan fingerprint density at radius 2 is 2.03 bits per heavy atom. The van der Waals surface area contributed by atoms with Crippen LogP contribution in [0.15, 0.2) is 52.4 Å². The molecule has 2 N–H and O–H groups in total. The normalized spacial score (nSPS) is 15.6. The largest absolute Gasteiger partial charge is 0.376 e. The van der Waals surface area contributed by atoms with Crippen LogP contribution in [-0.2, 0) is 11.3 Å². The zero-order chi connectivity index (χ0) is 26.1. The quantitative estimate of drug-likeness (QED) is 0.202. The summed E-state index contributed by atoms with van der Waals surface area (Å²) in [6, 6.07) is 12.7. The number of nitrogens with zero attached hydrogens (tertiary/aromatic N) is 2. The number of aromatic amines is 1. The van der Waals surface area contributed by atoms with E-state index in [0.29, 0.717) is 40.3 Å². The minimum Gasteiger partial charge on any atom is -0.376 e. The summed E-state index contributed by atoms with van der Waals surface area (Å²) >= 11 is 1.24. The van der Waals surface area contributed by atoms with Gasteiger partial charge in [0.05, 0.1) is 29.3 Å². The van der Waals surface area contributed by atoms with E-state index in [0.717, 1.165) is 29.4 Å². The van der Waals surface area contributed by atoms with Crippen LogP contribution in [0.4, 0.5) is 0 Å². The van der Waals surface area contributed by atoms with Gasteiger partial charge in [-0.2, -0.15) is 0 Å². The minimum atomic E-state index is -0.221. The maximum atomic E-state index is 13.6. The van der Waals surface area contributed by atoms with Gasteiger partial charge in [-0.25, -0.2) is 4.98 Å². The van der Waals surface area contributed by atoms with E-state index < -0.39 is 0 Å². The average Bonchev–Trinajstić information content (AvgIpc) is 3.50. The highest BCUT2D eigenvalue weighted by atomic mass is 32.2. The number of rotatable bonds is 8. The number of Topliss-reactive ketones (excluding diaryl/α,β-unsaturated/α-hetero) is 1. The Bertz CT molecular complexity index is 1550. The molecule has 192 valence electrons. The molecule has 0 aliphatic carbocycles. The van der Waals surface area contributed by atoms with Gasteiger partial charge >= 0.3 is 0 Å². The van der Waals surface area contributed by atoms with Gasteiger partial charge in [-0.1, -0.05) is 30.0 Å². The number of aromatic nitrogens is 3. The Labute approximate surface area is 218 Å². The van der Waals surface area contributed by atoms with E-state index in [1.165, 1.54) is 11.8 Å². The molecule has 8 nitrogen and oxygen atoms in total. The molecule has 1 aliphatic rings. The summed E-state index contributed by atoms with van der Waals surface area (Å²) in [5, 5.41) is 4.63. The molecule has 37 heavy (non-hydrogen) atoms. The first-order valence-corrected chi connectivity index (χ1v) is 13.5. The first-order chi connectivity index (χ1) is 17.8. The maximum Gasteiger partial charge on any atom is 0.262 e. The van der Waals surface area contributed by atoms with Crippen LogP contribution in [0, 0.1) is 6.92 Å². The summed E-state index contributed by atoms with van der Waals surface area (Å²) in [7, 11) is 0. The molecule has 9 heteroatoms. The fourth-order valence-corrected chi connectivity index (χ4v) is 5.67. The molecule has 1 fully saturated rings. The molecule has 0 unspecified atom stereocenters. The van der Waals surface area contributed by atoms with Crippen LogP contribution in [-0.4, -0.2) is 50.7 Å². The molecule has 1 atom stereocenters. The van der Waals surface area contributed by atoms with Crippen LogP contribution >= 0.6 is 11.8 Å². The van der Waals surface area contributed by atoms with Gasteiger partial charge in [-0.3, -0.25) is 19.0 Å². The van der Waals surface area contributed by atoms with Gasteiger partial charge in [-0.05, 0) is 57.9 Å². The van der Waals surface area contributed by atoms with E-state index in [2.05, 4.69) is 10.3 Å². The average molecular weight is 519 g/mol. The number of amides is 1. The second-order valence-electron chi connectivity index (χ2n) is 9.69. The number of H-pyrrole nitrogens is 1. The summed E-state index contributed by atoms with van der Waals surface area (Å²) in [5.74, 6) is -0.135. The number of para-hydroxylation sites is 1. The van der Waals surface area contributed by atoms with Crippen LogP contribution in [0.1, 0.15) is 53.1 Å². The van der Waals surface area contributed by atoms with E-state index >= 15 is 0 Å². The molecule has 0 radical (unpaired) electrons. The topological polar surface area (TPSA) is 106 Å². The molecule has 3 heterocycles. The van der Waals surface area contributed by atoms with Crippen molar-refractivity contribution in [2.75, 3.05) is 12.4 Å².